The van der Waals surface area contributed by atoms with Crippen LogP contribution in [-0.2, 0) is 14.3 Å². The Morgan fingerprint density at radius 2 is 1.86 bits per heavy atom. The fraction of sp³-hybridized carbons (Fsp3) is 0.400. The van der Waals surface area contributed by atoms with E-state index in [0.717, 1.165) is 12.8 Å². The number of carbonyl (C=O) groups is 3. The molecule has 0 aromatic heterocycles. The summed E-state index contributed by atoms with van der Waals surface area (Å²) in [5, 5.41) is 5.43. The van der Waals surface area contributed by atoms with Crippen LogP contribution in [0.5, 0.6) is 0 Å². The minimum atomic E-state index is -0.367. The maximum Gasteiger partial charge on any atom is 0.307 e. The van der Waals surface area contributed by atoms with Crippen molar-refractivity contribution in [3.05, 3.63) is 29.8 Å². The Bertz CT molecular complexity index is 535. The molecule has 0 heterocycles. The van der Waals surface area contributed by atoms with Crippen LogP contribution in [0.1, 0.15) is 29.6 Å². The zero-order chi connectivity index (χ0) is 15.2. The predicted molar refractivity (Wildman–Crippen MR) is 76.8 cm³/mol. The zero-order valence-corrected chi connectivity index (χ0v) is 11.8. The SMILES string of the molecule is COC(=O)CCNC(=O)c1ccc(NC(=O)C2CC2)cc1. The molecule has 2 N–H and O–H groups in total. The lowest BCUT2D eigenvalue weighted by molar-refractivity contribution is -0.140. The van der Waals surface area contributed by atoms with E-state index >= 15 is 0 Å². The van der Waals surface area contributed by atoms with Crippen LogP contribution in [0, 0.1) is 5.92 Å². The van der Waals surface area contributed by atoms with Crippen LogP contribution in [0.25, 0.3) is 0 Å². The van der Waals surface area contributed by atoms with E-state index in [1.807, 2.05) is 0 Å². The van der Waals surface area contributed by atoms with Crippen LogP contribution in [0.4, 0.5) is 5.69 Å². The Kier molecular flexibility index (Phi) is 4.92. The molecule has 2 rings (SSSR count). The summed E-state index contributed by atoms with van der Waals surface area (Å²) in [6, 6.07) is 6.65. The molecule has 1 aliphatic carbocycles. The van der Waals surface area contributed by atoms with E-state index < -0.39 is 0 Å². The molecular formula is C15H18N2O4. The average molecular weight is 290 g/mol. The molecule has 0 radical (unpaired) electrons. The number of hydrogen-bond acceptors (Lipinski definition) is 4. The number of hydrogen-bond donors (Lipinski definition) is 2. The van der Waals surface area contributed by atoms with Crippen molar-refractivity contribution in [2.45, 2.75) is 19.3 Å². The number of amides is 2. The highest BCUT2D eigenvalue weighted by Crippen LogP contribution is 2.30. The summed E-state index contributed by atoms with van der Waals surface area (Å²) in [4.78, 5) is 34.3. The number of rotatable bonds is 6. The normalized spacial score (nSPS) is 13.4. The van der Waals surface area contributed by atoms with Gasteiger partial charge in [0.1, 0.15) is 0 Å². The quantitative estimate of drug-likeness (QED) is 0.774. The molecule has 0 unspecified atom stereocenters. The van der Waals surface area contributed by atoms with Gasteiger partial charge in [0.2, 0.25) is 5.91 Å². The van der Waals surface area contributed by atoms with Crippen LogP contribution >= 0.6 is 0 Å². The molecule has 1 fully saturated rings. The van der Waals surface area contributed by atoms with Gasteiger partial charge in [-0.05, 0) is 37.1 Å². The standard InChI is InChI=1S/C15H18N2O4/c1-21-13(18)8-9-16-14(19)10-4-6-12(7-5-10)17-15(20)11-2-3-11/h4-7,11H,2-3,8-9H2,1H3,(H,16,19)(H,17,20). The first kappa shape index (κ1) is 15.0. The Labute approximate surface area is 122 Å². The Hall–Kier alpha value is -2.37. The molecule has 112 valence electrons. The molecule has 1 aliphatic rings. The van der Waals surface area contributed by atoms with E-state index in [-0.39, 0.29) is 36.7 Å². The van der Waals surface area contributed by atoms with Gasteiger partial charge >= 0.3 is 5.97 Å². The zero-order valence-electron chi connectivity index (χ0n) is 11.8. The molecule has 6 heteroatoms. The number of anilines is 1. The van der Waals surface area contributed by atoms with Crippen molar-refractivity contribution in [1.29, 1.82) is 0 Å². The fourth-order valence-electron chi connectivity index (χ4n) is 1.78. The van der Waals surface area contributed by atoms with Gasteiger partial charge in [0.05, 0.1) is 13.5 Å². The fourth-order valence-corrected chi connectivity index (χ4v) is 1.78. The number of carbonyl (C=O) groups excluding carboxylic acids is 3. The van der Waals surface area contributed by atoms with Crippen molar-refractivity contribution < 1.29 is 19.1 Å². The molecule has 0 bridgehead atoms. The first-order valence-corrected chi connectivity index (χ1v) is 6.86. The van der Waals surface area contributed by atoms with E-state index in [4.69, 9.17) is 0 Å². The lowest BCUT2D eigenvalue weighted by Gasteiger charge is -2.07. The van der Waals surface area contributed by atoms with Gasteiger partial charge in [-0.1, -0.05) is 0 Å². The molecule has 0 atom stereocenters. The lowest BCUT2D eigenvalue weighted by atomic mass is 10.2. The molecular weight excluding hydrogens is 272 g/mol. The highest BCUT2D eigenvalue weighted by atomic mass is 16.5. The van der Waals surface area contributed by atoms with Gasteiger partial charge in [-0.2, -0.15) is 0 Å². The van der Waals surface area contributed by atoms with Crippen LogP contribution in [-0.4, -0.2) is 31.4 Å². The van der Waals surface area contributed by atoms with E-state index in [2.05, 4.69) is 15.4 Å². The Morgan fingerprint density at radius 1 is 1.19 bits per heavy atom. The summed E-state index contributed by atoms with van der Waals surface area (Å²) in [7, 11) is 1.30. The number of ether oxygens (including phenoxy) is 1. The van der Waals surface area contributed by atoms with Crippen molar-refractivity contribution in [2.24, 2.45) is 5.92 Å². The molecule has 6 nitrogen and oxygen atoms in total. The van der Waals surface area contributed by atoms with Crippen LogP contribution < -0.4 is 10.6 Å². The highest BCUT2D eigenvalue weighted by Gasteiger charge is 2.29. The summed E-state index contributed by atoms with van der Waals surface area (Å²) in [5.41, 5.74) is 1.15. The van der Waals surface area contributed by atoms with Crippen LogP contribution in [0.15, 0.2) is 24.3 Å². The monoisotopic (exact) mass is 290 g/mol. The summed E-state index contributed by atoms with van der Waals surface area (Å²) in [6.45, 7) is 0.228. The van der Waals surface area contributed by atoms with Gasteiger partial charge in [-0.3, -0.25) is 14.4 Å². The van der Waals surface area contributed by atoms with Crippen molar-refractivity contribution >= 4 is 23.5 Å². The number of esters is 1. The van der Waals surface area contributed by atoms with Crippen LogP contribution in [0.3, 0.4) is 0 Å². The Balaban J connectivity index is 1.81. The van der Waals surface area contributed by atoms with Gasteiger partial charge in [-0.25, -0.2) is 0 Å². The maximum absolute atomic E-state index is 11.8. The second kappa shape index (κ2) is 6.88. The lowest BCUT2D eigenvalue weighted by Crippen LogP contribution is -2.26. The largest absolute Gasteiger partial charge is 0.469 e. The topological polar surface area (TPSA) is 84.5 Å². The number of benzene rings is 1. The molecule has 1 saturated carbocycles. The third-order valence-corrected chi connectivity index (χ3v) is 3.21. The first-order chi connectivity index (χ1) is 10.1. The third kappa shape index (κ3) is 4.59. The van der Waals surface area contributed by atoms with E-state index in [1.165, 1.54) is 7.11 Å². The summed E-state index contributed by atoms with van der Waals surface area (Å²) < 4.78 is 4.48. The van der Waals surface area contributed by atoms with Gasteiger partial charge in [0, 0.05) is 23.7 Å². The van der Waals surface area contributed by atoms with Crippen molar-refractivity contribution in [3.63, 3.8) is 0 Å². The van der Waals surface area contributed by atoms with E-state index in [1.54, 1.807) is 24.3 Å². The number of methoxy groups -OCH3 is 1. The van der Waals surface area contributed by atoms with Crippen molar-refractivity contribution in [2.75, 3.05) is 19.0 Å². The maximum atomic E-state index is 11.8. The van der Waals surface area contributed by atoms with Gasteiger partial charge in [-0.15, -0.1) is 0 Å². The molecule has 0 spiro atoms. The summed E-state index contributed by atoms with van der Waals surface area (Å²) in [5.74, 6) is -0.455. The predicted octanol–water partition coefficient (Wildman–Crippen LogP) is 1.33. The van der Waals surface area contributed by atoms with Gasteiger partial charge < -0.3 is 15.4 Å². The average Bonchev–Trinajstić information content (AvgIpc) is 3.32. The third-order valence-electron chi connectivity index (χ3n) is 3.21. The van der Waals surface area contributed by atoms with Crippen LogP contribution in [0.2, 0.25) is 0 Å². The minimum Gasteiger partial charge on any atom is -0.469 e. The minimum absolute atomic E-state index is 0.0327. The first-order valence-electron chi connectivity index (χ1n) is 6.86. The molecule has 1 aromatic rings. The second-order valence-corrected chi connectivity index (χ2v) is 4.92. The molecule has 21 heavy (non-hydrogen) atoms. The Morgan fingerprint density at radius 3 is 2.43 bits per heavy atom. The number of nitrogens with one attached hydrogen (secondary N) is 2. The van der Waals surface area contributed by atoms with Crippen molar-refractivity contribution in [3.8, 4) is 0 Å². The molecule has 0 aliphatic heterocycles. The smallest absolute Gasteiger partial charge is 0.307 e. The second-order valence-electron chi connectivity index (χ2n) is 4.92. The highest BCUT2D eigenvalue weighted by molar-refractivity contribution is 5.96. The van der Waals surface area contributed by atoms with E-state index in [9.17, 15) is 14.4 Å². The summed E-state index contributed by atoms with van der Waals surface area (Å²) in [6.07, 6.45) is 2.04. The van der Waals surface area contributed by atoms with Crippen molar-refractivity contribution in [1.82, 2.24) is 5.32 Å². The summed E-state index contributed by atoms with van der Waals surface area (Å²) >= 11 is 0. The molecule has 2 amide bonds. The molecule has 0 saturated heterocycles. The van der Waals surface area contributed by atoms with Gasteiger partial charge in [0.25, 0.3) is 5.91 Å². The molecule has 1 aromatic carbocycles. The van der Waals surface area contributed by atoms with E-state index in [0.29, 0.717) is 11.3 Å². The van der Waals surface area contributed by atoms with Gasteiger partial charge in [0.15, 0.2) is 0 Å².